The van der Waals surface area contributed by atoms with E-state index < -0.39 is 0 Å². The number of benzene rings is 1. The zero-order chi connectivity index (χ0) is 17.9. The lowest BCUT2D eigenvalue weighted by atomic mass is 10.3. The van der Waals surface area contributed by atoms with Gasteiger partial charge in [-0.05, 0) is 46.3 Å². The van der Waals surface area contributed by atoms with E-state index in [1.54, 1.807) is 12.4 Å². The predicted molar refractivity (Wildman–Crippen MR) is 103 cm³/mol. The highest BCUT2D eigenvalue weighted by Gasteiger charge is 2.07. The van der Waals surface area contributed by atoms with Gasteiger partial charge in [-0.25, -0.2) is 9.78 Å². The van der Waals surface area contributed by atoms with Crippen LogP contribution in [-0.2, 0) is 6.54 Å². The van der Waals surface area contributed by atoms with Crippen LogP contribution in [0, 0.1) is 0 Å². The fourth-order valence-corrected chi connectivity index (χ4v) is 2.80. The van der Waals surface area contributed by atoms with Crippen molar-refractivity contribution in [3.05, 3.63) is 69.4 Å². The molecule has 0 aliphatic heterocycles. The number of imidazole rings is 1. The summed E-state index contributed by atoms with van der Waals surface area (Å²) >= 11 is 3.45. The lowest BCUT2D eigenvalue weighted by Crippen LogP contribution is -2.06. The second kappa shape index (κ2) is 6.96. The van der Waals surface area contributed by atoms with E-state index in [2.05, 4.69) is 51.5 Å². The van der Waals surface area contributed by atoms with Gasteiger partial charge in [0.25, 0.3) is 0 Å². The van der Waals surface area contributed by atoms with E-state index in [0.29, 0.717) is 23.8 Å². The summed E-state index contributed by atoms with van der Waals surface area (Å²) < 4.78 is 0.754. The van der Waals surface area contributed by atoms with Gasteiger partial charge in [-0.1, -0.05) is 6.07 Å². The number of H-pyrrole nitrogens is 2. The van der Waals surface area contributed by atoms with Crippen molar-refractivity contribution in [1.82, 2.24) is 24.9 Å². The first-order valence-electron chi connectivity index (χ1n) is 7.83. The molecule has 3 aromatic heterocycles. The van der Waals surface area contributed by atoms with E-state index in [1.807, 2.05) is 36.4 Å². The Morgan fingerprint density at radius 2 is 1.96 bits per heavy atom. The van der Waals surface area contributed by atoms with Gasteiger partial charge in [0.1, 0.15) is 5.82 Å². The van der Waals surface area contributed by atoms with Crippen LogP contribution >= 0.6 is 15.9 Å². The number of aromatic amines is 2. The monoisotopic (exact) mass is 411 g/mol. The van der Waals surface area contributed by atoms with Gasteiger partial charge in [0, 0.05) is 18.1 Å². The van der Waals surface area contributed by atoms with Gasteiger partial charge in [0.2, 0.25) is 5.95 Å². The third-order valence-corrected chi connectivity index (χ3v) is 4.26. The van der Waals surface area contributed by atoms with Gasteiger partial charge in [0.15, 0.2) is 0 Å². The Morgan fingerprint density at radius 1 is 1.08 bits per heavy atom. The van der Waals surface area contributed by atoms with Crippen LogP contribution in [-0.4, -0.2) is 24.9 Å². The van der Waals surface area contributed by atoms with Crippen LogP contribution < -0.4 is 16.3 Å². The largest absolute Gasteiger partial charge is 0.363 e. The molecule has 0 aliphatic carbocycles. The van der Waals surface area contributed by atoms with Crippen molar-refractivity contribution in [3.8, 4) is 0 Å². The Morgan fingerprint density at radius 3 is 2.81 bits per heavy atom. The molecule has 0 amide bonds. The number of halogens is 1. The first kappa shape index (κ1) is 16.3. The van der Waals surface area contributed by atoms with Crippen LogP contribution in [0.15, 0.2) is 58.1 Å². The van der Waals surface area contributed by atoms with Crippen LogP contribution in [0.1, 0.15) is 5.69 Å². The van der Waals surface area contributed by atoms with Gasteiger partial charge in [-0.2, -0.15) is 4.98 Å². The highest BCUT2D eigenvalue weighted by Crippen LogP contribution is 2.23. The van der Waals surface area contributed by atoms with Crippen molar-refractivity contribution in [1.29, 1.82) is 0 Å². The van der Waals surface area contributed by atoms with E-state index in [-0.39, 0.29) is 5.69 Å². The Bertz CT molecular complexity index is 1110. The summed E-state index contributed by atoms with van der Waals surface area (Å²) in [5.41, 5.74) is 2.90. The maximum absolute atomic E-state index is 11.4. The van der Waals surface area contributed by atoms with E-state index in [1.165, 1.54) is 0 Å². The van der Waals surface area contributed by atoms with Gasteiger partial charge >= 0.3 is 5.69 Å². The van der Waals surface area contributed by atoms with E-state index in [0.717, 1.165) is 21.4 Å². The highest BCUT2D eigenvalue weighted by atomic mass is 79.9. The minimum atomic E-state index is -0.238. The summed E-state index contributed by atoms with van der Waals surface area (Å²) in [5, 5.41) is 6.37. The standard InChI is InChI=1S/C17H14BrN7O/c18-12-9-21-16(25-15(12)20-8-11-3-1-2-6-19-11)22-10-4-5-13-14(7-10)24-17(26)23-13/h1-7,9H,8H2,(H2,23,24,26)(H2,20,21,22,25). The number of rotatable bonds is 5. The Labute approximate surface area is 156 Å². The van der Waals surface area contributed by atoms with Crippen LogP contribution in [0.3, 0.4) is 0 Å². The van der Waals surface area contributed by atoms with Crippen molar-refractivity contribution in [2.24, 2.45) is 0 Å². The SMILES string of the molecule is O=c1[nH]c2ccc(Nc3ncc(Br)c(NCc4ccccn4)n3)cc2[nH]1. The molecule has 1 aromatic carbocycles. The molecule has 0 aliphatic rings. The molecule has 0 saturated heterocycles. The molecule has 0 bridgehead atoms. The van der Waals surface area contributed by atoms with Crippen LogP contribution in [0.5, 0.6) is 0 Å². The Balaban J connectivity index is 1.53. The third-order valence-electron chi connectivity index (χ3n) is 3.68. The molecule has 130 valence electrons. The number of hydrogen-bond donors (Lipinski definition) is 4. The summed E-state index contributed by atoms with van der Waals surface area (Å²) in [7, 11) is 0. The molecule has 26 heavy (non-hydrogen) atoms. The van der Waals surface area contributed by atoms with Crippen molar-refractivity contribution in [2.45, 2.75) is 6.54 Å². The summed E-state index contributed by atoms with van der Waals surface area (Å²) in [6, 6.07) is 11.2. The number of aromatic nitrogens is 5. The molecule has 0 saturated carbocycles. The summed E-state index contributed by atoms with van der Waals surface area (Å²) in [6.07, 6.45) is 3.42. The first-order chi connectivity index (χ1) is 12.7. The zero-order valence-electron chi connectivity index (χ0n) is 13.5. The van der Waals surface area contributed by atoms with E-state index >= 15 is 0 Å². The van der Waals surface area contributed by atoms with Gasteiger partial charge < -0.3 is 20.6 Å². The summed E-state index contributed by atoms with van der Waals surface area (Å²) in [5.74, 6) is 1.10. The lowest BCUT2D eigenvalue weighted by molar-refractivity contribution is 1.02. The van der Waals surface area contributed by atoms with Crippen LogP contribution in [0.4, 0.5) is 17.5 Å². The molecule has 0 atom stereocenters. The average Bonchev–Trinajstić information content (AvgIpc) is 3.02. The summed E-state index contributed by atoms with van der Waals surface area (Å²) in [4.78, 5) is 29.8. The fourth-order valence-electron chi connectivity index (χ4n) is 2.47. The first-order valence-corrected chi connectivity index (χ1v) is 8.62. The summed E-state index contributed by atoms with van der Waals surface area (Å²) in [6.45, 7) is 0.548. The lowest BCUT2D eigenvalue weighted by Gasteiger charge is -2.10. The molecule has 4 aromatic rings. The highest BCUT2D eigenvalue weighted by molar-refractivity contribution is 9.10. The Kier molecular flexibility index (Phi) is 4.36. The topological polar surface area (TPSA) is 111 Å². The second-order valence-electron chi connectivity index (χ2n) is 5.53. The molecule has 4 rings (SSSR count). The van der Waals surface area contributed by atoms with Crippen molar-refractivity contribution in [3.63, 3.8) is 0 Å². The minimum Gasteiger partial charge on any atom is -0.363 e. The molecule has 4 N–H and O–H groups in total. The van der Waals surface area contributed by atoms with Crippen LogP contribution in [0.25, 0.3) is 11.0 Å². The maximum atomic E-state index is 11.4. The van der Waals surface area contributed by atoms with E-state index in [4.69, 9.17) is 0 Å². The quantitative estimate of drug-likeness (QED) is 0.401. The molecule has 3 heterocycles. The second-order valence-corrected chi connectivity index (χ2v) is 6.38. The van der Waals surface area contributed by atoms with Crippen molar-refractivity contribution in [2.75, 3.05) is 10.6 Å². The number of nitrogens with zero attached hydrogens (tertiary/aromatic N) is 3. The number of hydrogen-bond acceptors (Lipinski definition) is 6. The molecule has 9 heteroatoms. The third kappa shape index (κ3) is 3.57. The van der Waals surface area contributed by atoms with Crippen molar-refractivity contribution < 1.29 is 0 Å². The minimum absolute atomic E-state index is 0.238. The van der Waals surface area contributed by atoms with E-state index in [9.17, 15) is 4.79 Å². The molecular weight excluding hydrogens is 398 g/mol. The average molecular weight is 412 g/mol. The molecular formula is C17H14BrN7O. The van der Waals surface area contributed by atoms with Crippen molar-refractivity contribution >= 4 is 44.4 Å². The van der Waals surface area contributed by atoms with Crippen LogP contribution in [0.2, 0.25) is 0 Å². The molecule has 8 nitrogen and oxygen atoms in total. The normalized spacial score (nSPS) is 10.8. The number of pyridine rings is 1. The zero-order valence-corrected chi connectivity index (χ0v) is 15.0. The molecule has 0 fully saturated rings. The molecule has 0 spiro atoms. The maximum Gasteiger partial charge on any atom is 0.323 e. The number of anilines is 3. The molecule has 0 unspecified atom stereocenters. The van der Waals surface area contributed by atoms with Gasteiger partial charge in [0.05, 0.1) is 27.7 Å². The number of nitrogens with one attached hydrogen (secondary N) is 4. The fraction of sp³-hybridized carbons (Fsp3) is 0.0588. The predicted octanol–water partition coefficient (Wildman–Crippen LogP) is 3.16. The number of fused-ring (bicyclic) bond motifs is 1. The molecule has 0 radical (unpaired) electrons. The van der Waals surface area contributed by atoms with Gasteiger partial charge in [-0.15, -0.1) is 0 Å². The smallest absolute Gasteiger partial charge is 0.323 e. The Hall–Kier alpha value is -3.20. The van der Waals surface area contributed by atoms with Gasteiger partial charge in [-0.3, -0.25) is 4.98 Å².